The third-order valence-electron chi connectivity index (χ3n) is 2.30. The Kier molecular flexibility index (Phi) is 4.74. The topological polar surface area (TPSA) is 70.3 Å². The molecule has 1 heterocycles. The Labute approximate surface area is 89.7 Å². The van der Waals surface area contributed by atoms with Crippen LogP contribution in [0.1, 0.15) is 18.3 Å². The summed E-state index contributed by atoms with van der Waals surface area (Å²) in [6, 6.07) is 1.74. The molecular weight excluding hydrogens is 194 g/mol. The second-order valence-corrected chi connectivity index (χ2v) is 3.54. The number of rotatable bonds is 6. The van der Waals surface area contributed by atoms with E-state index >= 15 is 0 Å². The van der Waals surface area contributed by atoms with Crippen LogP contribution in [0.3, 0.4) is 0 Å². The summed E-state index contributed by atoms with van der Waals surface area (Å²) in [6.45, 7) is 5.30. The van der Waals surface area contributed by atoms with E-state index in [0.717, 1.165) is 17.9 Å². The van der Waals surface area contributed by atoms with Gasteiger partial charge < -0.3 is 15.5 Å². The number of aliphatic hydroxyl groups excluding tert-OH is 2. The summed E-state index contributed by atoms with van der Waals surface area (Å²) in [4.78, 5) is 0. The Bertz CT molecular complexity index is 295. The lowest BCUT2D eigenvalue weighted by Crippen LogP contribution is -2.35. The SMILES string of the molecule is CCn1nc(C)cc1CNC(CO)CO. The van der Waals surface area contributed by atoms with Crippen LogP contribution in [0.15, 0.2) is 6.07 Å². The zero-order valence-electron chi connectivity index (χ0n) is 9.27. The lowest BCUT2D eigenvalue weighted by molar-refractivity contribution is 0.169. The molecule has 0 aliphatic heterocycles. The molecule has 0 bridgehead atoms. The van der Waals surface area contributed by atoms with Gasteiger partial charge in [0.1, 0.15) is 0 Å². The van der Waals surface area contributed by atoms with Gasteiger partial charge in [0.25, 0.3) is 0 Å². The minimum absolute atomic E-state index is 0.0598. The van der Waals surface area contributed by atoms with Gasteiger partial charge in [0.2, 0.25) is 0 Å². The summed E-state index contributed by atoms with van der Waals surface area (Å²) in [6.07, 6.45) is 0. The molecule has 1 aromatic heterocycles. The monoisotopic (exact) mass is 213 g/mol. The van der Waals surface area contributed by atoms with Gasteiger partial charge in [-0.05, 0) is 19.9 Å². The van der Waals surface area contributed by atoms with Crippen LogP contribution in [0.25, 0.3) is 0 Å². The molecule has 86 valence electrons. The molecule has 1 aromatic rings. The number of aromatic nitrogens is 2. The molecule has 0 fully saturated rings. The van der Waals surface area contributed by atoms with Gasteiger partial charge in [0, 0.05) is 13.1 Å². The minimum atomic E-state index is -0.259. The highest BCUT2D eigenvalue weighted by Crippen LogP contribution is 2.03. The fourth-order valence-electron chi connectivity index (χ4n) is 1.45. The predicted octanol–water partition coefficient (Wildman–Crippen LogP) is -0.346. The van der Waals surface area contributed by atoms with Crippen LogP contribution in [0.5, 0.6) is 0 Å². The summed E-state index contributed by atoms with van der Waals surface area (Å²) >= 11 is 0. The molecule has 0 unspecified atom stereocenters. The lowest BCUT2D eigenvalue weighted by Gasteiger charge is -2.13. The number of aliphatic hydroxyl groups is 2. The van der Waals surface area contributed by atoms with Crippen molar-refractivity contribution >= 4 is 0 Å². The number of nitrogens with zero attached hydrogens (tertiary/aromatic N) is 2. The fourth-order valence-corrected chi connectivity index (χ4v) is 1.45. The minimum Gasteiger partial charge on any atom is -0.395 e. The van der Waals surface area contributed by atoms with Crippen LogP contribution in [-0.2, 0) is 13.1 Å². The first-order valence-electron chi connectivity index (χ1n) is 5.19. The average molecular weight is 213 g/mol. The Morgan fingerprint density at radius 1 is 1.47 bits per heavy atom. The molecule has 0 saturated carbocycles. The van der Waals surface area contributed by atoms with E-state index in [-0.39, 0.29) is 19.3 Å². The summed E-state index contributed by atoms with van der Waals surface area (Å²) < 4.78 is 1.91. The van der Waals surface area contributed by atoms with Gasteiger partial charge in [-0.2, -0.15) is 5.10 Å². The number of hydrogen-bond donors (Lipinski definition) is 3. The third-order valence-corrected chi connectivity index (χ3v) is 2.30. The zero-order chi connectivity index (χ0) is 11.3. The Morgan fingerprint density at radius 3 is 2.67 bits per heavy atom. The Balaban J connectivity index is 2.55. The summed E-state index contributed by atoms with van der Waals surface area (Å²) in [5.74, 6) is 0. The molecule has 15 heavy (non-hydrogen) atoms. The first kappa shape index (κ1) is 12.2. The molecule has 0 spiro atoms. The molecule has 0 aromatic carbocycles. The van der Waals surface area contributed by atoms with Gasteiger partial charge in [-0.1, -0.05) is 0 Å². The number of aryl methyl sites for hydroxylation is 2. The quantitative estimate of drug-likeness (QED) is 0.604. The van der Waals surface area contributed by atoms with E-state index in [0.29, 0.717) is 6.54 Å². The zero-order valence-corrected chi connectivity index (χ0v) is 9.27. The highest BCUT2D eigenvalue weighted by Gasteiger charge is 2.07. The van der Waals surface area contributed by atoms with Crippen molar-refractivity contribution in [3.8, 4) is 0 Å². The van der Waals surface area contributed by atoms with Gasteiger partial charge in [-0.25, -0.2) is 0 Å². The smallest absolute Gasteiger partial charge is 0.0607 e. The van der Waals surface area contributed by atoms with E-state index in [1.54, 1.807) is 0 Å². The second kappa shape index (κ2) is 5.85. The van der Waals surface area contributed by atoms with E-state index in [1.807, 2.05) is 24.6 Å². The molecule has 0 atom stereocenters. The molecule has 0 saturated heterocycles. The highest BCUT2D eigenvalue weighted by molar-refractivity contribution is 5.08. The van der Waals surface area contributed by atoms with Crippen molar-refractivity contribution < 1.29 is 10.2 Å². The van der Waals surface area contributed by atoms with Gasteiger partial charge in [0.05, 0.1) is 30.6 Å². The molecule has 0 aliphatic carbocycles. The first-order valence-corrected chi connectivity index (χ1v) is 5.19. The van der Waals surface area contributed by atoms with Crippen molar-refractivity contribution in [3.63, 3.8) is 0 Å². The van der Waals surface area contributed by atoms with E-state index in [9.17, 15) is 0 Å². The van der Waals surface area contributed by atoms with Crippen molar-refractivity contribution in [1.82, 2.24) is 15.1 Å². The number of nitrogens with one attached hydrogen (secondary N) is 1. The van der Waals surface area contributed by atoms with Crippen LogP contribution in [0.2, 0.25) is 0 Å². The average Bonchev–Trinajstić information content (AvgIpc) is 2.60. The molecule has 0 amide bonds. The van der Waals surface area contributed by atoms with E-state index in [2.05, 4.69) is 10.4 Å². The first-order chi connectivity index (χ1) is 7.21. The van der Waals surface area contributed by atoms with Crippen LogP contribution in [0, 0.1) is 6.92 Å². The molecule has 0 radical (unpaired) electrons. The van der Waals surface area contributed by atoms with Crippen LogP contribution in [-0.4, -0.2) is 39.2 Å². The molecule has 0 aliphatic rings. The van der Waals surface area contributed by atoms with Crippen molar-refractivity contribution in [2.75, 3.05) is 13.2 Å². The summed E-state index contributed by atoms with van der Waals surface area (Å²) in [5.41, 5.74) is 2.06. The largest absolute Gasteiger partial charge is 0.395 e. The standard InChI is InChI=1S/C10H19N3O2/c1-3-13-10(4-8(2)12-13)5-11-9(6-14)7-15/h4,9,11,14-15H,3,5-7H2,1-2H3. The molecule has 3 N–H and O–H groups in total. The number of hydrogen-bond acceptors (Lipinski definition) is 4. The maximum absolute atomic E-state index is 8.89. The van der Waals surface area contributed by atoms with Gasteiger partial charge in [-0.3, -0.25) is 4.68 Å². The molecule has 5 heteroatoms. The molecule has 5 nitrogen and oxygen atoms in total. The predicted molar refractivity (Wildman–Crippen MR) is 57.4 cm³/mol. The second-order valence-electron chi connectivity index (χ2n) is 3.54. The van der Waals surface area contributed by atoms with Crippen molar-refractivity contribution in [3.05, 3.63) is 17.5 Å². The molecule has 1 rings (SSSR count). The van der Waals surface area contributed by atoms with E-state index in [1.165, 1.54) is 0 Å². The van der Waals surface area contributed by atoms with Crippen molar-refractivity contribution in [2.24, 2.45) is 0 Å². The van der Waals surface area contributed by atoms with Gasteiger partial charge in [-0.15, -0.1) is 0 Å². The molecular formula is C10H19N3O2. The Morgan fingerprint density at radius 2 is 2.13 bits per heavy atom. The summed E-state index contributed by atoms with van der Waals surface area (Å²) in [5, 5.41) is 25.2. The summed E-state index contributed by atoms with van der Waals surface area (Å²) in [7, 11) is 0. The fraction of sp³-hybridized carbons (Fsp3) is 0.700. The van der Waals surface area contributed by atoms with Crippen LogP contribution < -0.4 is 5.32 Å². The maximum atomic E-state index is 8.89. The van der Waals surface area contributed by atoms with Gasteiger partial charge >= 0.3 is 0 Å². The van der Waals surface area contributed by atoms with Gasteiger partial charge in [0.15, 0.2) is 0 Å². The third kappa shape index (κ3) is 3.30. The van der Waals surface area contributed by atoms with Crippen LogP contribution >= 0.6 is 0 Å². The normalized spacial score (nSPS) is 11.3. The van der Waals surface area contributed by atoms with Crippen molar-refractivity contribution in [2.45, 2.75) is 33.0 Å². The van der Waals surface area contributed by atoms with E-state index in [4.69, 9.17) is 10.2 Å². The lowest BCUT2D eigenvalue weighted by atomic mass is 10.3. The maximum Gasteiger partial charge on any atom is 0.0607 e. The van der Waals surface area contributed by atoms with E-state index < -0.39 is 0 Å². The Hall–Kier alpha value is -0.910. The highest BCUT2D eigenvalue weighted by atomic mass is 16.3. The van der Waals surface area contributed by atoms with Crippen molar-refractivity contribution in [1.29, 1.82) is 0 Å². The van der Waals surface area contributed by atoms with Crippen LogP contribution in [0.4, 0.5) is 0 Å².